The standard InChI is InChI=1S/C32H37N3O7S2/c1-22-26-20-25(11-12-28(26)41-29(22)30(36)37)44(39,40)35(14-13-24-9-7-19-43-24)21-23-8-5-6-10-27(23)33-15-17-34(18-16-33)31(38)42-32(2,3)4/h5-12,19-20H,13-18,21H2,1-4H3,(H,36,37). The van der Waals surface area contributed by atoms with Gasteiger partial charge in [-0.2, -0.15) is 4.31 Å². The van der Waals surface area contributed by atoms with E-state index < -0.39 is 21.6 Å². The summed E-state index contributed by atoms with van der Waals surface area (Å²) in [4.78, 5) is 29.2. The molecular formula is C32H37N3O7S2. The molecule has 0 radical (unpaired) electrons. The average molecular weight is 640 g/mol. The number of benzene rings is 2. The second-order valence-electron chi connectivity index (χ2n) is 11.8. The van der Waals surface area contributed by atoms with Gasteiger partial charge in [-0.05, 0) is 75.4 Å². The van der Waals surface area contributed by atoms with Gasteiger partial charge in [0.05, 0.1) is 4.90 Å². The molecule has 2 aromatic heterocycles. The highest BCUT2D eigenvalue weighted by atomic mass is 32.2. The first-order valence-electron chi connectivity index (χ1n) is 14.4. The summed E-state index contributed by atoms with van der Waals surface area (Å²) in [5, 5.41) is 11.9. The average Bonchev–Trinajstić information content (AvgIpc) is 3.62. The van der Waals surface area contributed by atoms with Crippen molar-refractivity contribution < 1.29 is 32.3 Å². The van der Waals surface area contributed by atoms with Crippen molar-refractivity contribution in [1.82, 2.24) is 9.21 Å². The molecule has 44 heavy (non-hydrogen) atoms. The minimum Gasteiger partial charge on any atom is -0.475 e. The zero-order valence-corrected chi connectivity index (χ0v) is 26.9. The Kier molecular flexibility index (Phi) is 9.05. The van der Waals surface area contributed by atoms with Gasteiger partial charge in [-0.1, -0.05) is 24.3 Å². The Labute approximate surface area is 261 Å². The van der Waals surface area contributed by atoms with E-state index in [2.05, 4.69) is 4.90 Å². The number of thiophene rings is 1. The first-order chi connectivity index (χ1) is 20.8. The van der Waals surface area contributed by atoms with E-state index in [1.807, 2.05) is 62.5 Å². The number of furan rings is 1. The number of nitrogens with zero attached hydrogens (tertiary/aromatic N) is 3. The number of para-hydroxylation sites is 1. The van der Waals surface area contributed by atoms with Crippen LogP contribution in [-0.4, -0.2) is 73.1 Å². The molecule has 0 spiro atoms. The lowest BCUT2D eigenvalue weighted by Crippen LogP contribution is -2.50. The van der Waals surface area contributed by atoms with Crippen LogP contribution in [0.4, 0.5) is 10.5 Å². The van der Waals surface area contributed by atoms with Crippen LogP contribution >= 0.6 is 11.3 Å². The molecular weight excluding hydrogens is 603 g/mol. The third-order valence-corrected chi connectivity index (χ3v) is 10.3. The Hall–Kier alpha value is -3.87. The van der Waals surface area contributed by atoms with Crippen LogP contribution in [0.25, 0.3) is 11.0 Å². The maximum atomic E-state index is 14.2. The zero-order valence-electron chi connectivity index (χ0n) is 25.3. The lowest BCUT2D eigenvalue weighted by Gasteiger charge is -2.38. The molecule has 0 saturated carbocycles. The summed E-state index contributed by atoms with van der Waals surface area (Å²) in [6.45, 7) is 9.69. The maximum Gasteiger partial charge on any atom is 0.410 e. The number of hydrogen-bond donors (Lipinski definition) is 1. The molecule has 1 saturated heterocycles. The van der Waals surface area contributed by atoms with E-state index >= 15 is 0 Å². The first-order valence-corrected chi connectivity index (χ1v) is 16.8. The molecule has 0 atom stereocenters. The number of carbonyl (C=O) groups excluding carboxylic acids is 1. The maximum absolute atomic E-state index is 14.2. The summed E-state index contributed by atoms with van der Waals surface area (Å²) in [7, 11) is -4.00. The summed E-state index contributed by atoms with van der Waals surface area (Å²) in [5.74, 6) is -1.41. The summed E-state index contributed by atoms with van der Waals surface area (Å²) in [5.41, 5.74) is 1.89. The number of piperazine rings is 1. The number of carboxylic acids is 1. The Morgan fingerprint density at radius 3 is 2.43 bits per heavy atom. The lowest BCUT2D eigenvalue weighted by atomic mass is 10.1. The molecule has 4 aromatic rings. The van der Waals surface area contributed by atoms with Crippen molar-refractivity contribution in [2.45, 2.75) is 51.2 Å². The molecule has 0 bridgehead atoms. The molecule has 1 amide bonds. The van der Waals surface area contributed by atoms with Gasteiger partial charge in [-0.15, -0.1) is 11.3 Å². The summed E-state index contributed by atoms with van der Waals surface area (Å²) >= 11 is 1.58. The minimum absolute atomic E-state index is 0.0699. The fourth-order valence-corrected chi connectivity index (χ4v) is 7.43. The fourth-order valence-electron chi connectivity index (χ4n) is 5.29. The number of aryl methyl sites for hydroxylation is 1. The predicted molar refractivity (Wildman–Crippen MR) is 170 cm³/mol. The van der Waals surface area contributed by atoms with Gasteiger partial charge in [0.15, 0.2) is 0 Å². The third kappa shape index (κ3) is 6.92. The van der Waals surface area contributed by atoms with Crippen molar-refractivity contribution in [3.8, 4) is 0 Å². The normalized spacial score (nSPS) is 14.4. The monoisotopic (exact) mass is 639 g/mol. The molecule has 1 aliphatic heterocycles. The largest absolute Gasteiger partial charge is 0.475 e. The highest BCUT2D eigenvalue weighted by molar-refractivity contribution is 7.89. The topological polar surface area (TPSA) is 121 Å². The number of sulfonamides is 1. The van der Waals surface area contributed by atoms with Gasteiger partial charge in [-0.25, -0.2) is 18.0 Å². The van der Waals surface area contributed by atoms with E-state index in [1.54, 1.807) is 23.2 Å². The van der Waals surface area contributed by atoms with E-state index in [9.17, 15) is 23.1 Å². The van der Waals surface area contributed by atoms with E-state index in [0.717, 1.165) is 16.1 Å². The number of carboxylic acid groups (broad SMARTS) is 1. The Balaban J connectivity index is 1.42. The first kappa shape index (κ1) is 31.6. The van der Waals surface area contributed by atoms with Crippen LogP contribution < -0.4 is 4.90 Å². The van der Waals surface area contributed by atoms with Crippen molar-refractivity contribution in [1.29, 1.82) is 0 Å². The number of ether oxygens (including phenoxy) is 1. The van der Waals surface area contributed by atoms with E-state index in [0.29, 0.717) is 49.1 Å². The second-order valence-corrected chi connectivity index (χ2v) is 14.7. The van der Waals surface area contributed by atoms with Gasteiger partial charge >= 0.3 is 12.1 Å². The summed E-state index contributed by atoms with van der Waals surface area (Å²) in [6.07, 6.45) is 0.209. The second kappa shape index (κ2) is 12.6. The third-order valence-electron chi connectivity index (χ3n) is 7.54. The van der Waals surface area contributed by atoms with Crippen LogP contribution in [0.2, 0.25) is 0 Å². The molecule has 10 nitrogen and oxygen atoms in total. The molecule has 1 aliphatic rings. The van der Waals surface area contributed by atoms with Gasteiger partial charge in [0.25, 0.3) is 0 Å². The predicted octanol–water partition coefficient (Wildman–Crippen LogP) is 5.99. The smallest absolute Gasteiger partial charge is 0.410 e. The SMILES string of the molecule is Cc1c(C(=O)O)oc2ccc(S(=O)(=O)N(CCc3cccs3)Cc3ccccc3N3CCN(C(=O)OC(C)(C)C)CC3)cc12. The van der Waals surface area contributed by atoms with Gasteiger partial charge in [-0.3, -0.25) is 0 Å². The molecule has 0 unspecified atom stereocenters. The lowest BCUT2D eigenvalue weighted by molar-refractivity contribution is 0.0240. The van der Waals surface area contributed by atoms with Crippen molar-refractivity contribution in [3.05, 3.63) is 81.7 Å². The van der Waals surface area contributed by atoms with Crippen LogP contribution in [0.1, 0.15) is 47.3 Å². The Morgan fingerprint density at radius 2 is 1.77 bits per heavy atom. The molecule has 12 heteroatoms. The van der Waals surface area contributed by atoms with Gasteiger partial charge in [0, 0.05) is 60.8 Å². The zero-order chi connectivity index (χ0) is 31.6. The number of aromatic carboxylic acids is 1. The van der Waals surface area contributed by atoms with E-state index in [1.165, 1.54) is 22.5 Å². The van der Waals surface area contributed by atoms with Crippen molar-refractivity contribution in [2.24, 2.45) is 0 Å². The molecule has 5 rings (SSSR count). The Morgan fingerprint density at radius 1 is 1.05 bits per heavy atom. The molecule has 234 valence electrons. The number of rotatable bonds is 9. The van der Waals surface area contributed by atoms with E-state index in [-0.39, 0.29) is 29.8 Å². The van der Waals surface area contributed by atoms with Crippen LogP contribution in [0, 0.1) is 6.92 Å². The number of carbonyl (C=O) groups is 2. The summed E-state index contributed by atoms with van der Waals surface area (Å²) in [6, 6.07) is 16.2. The summed E-state index contributed by atoms with van der Waals surface area (Å²) < 4.78 is 40.9. The quantitative estimate of drug-likeness (QED) is 0.237. The molecule has 3 heterocycles. The number of fused-ring (bicyclic) bond motifs is 1. The van der Waals surface area contributed by atoms with Crippen LogP contribution in [-0.2, 0) is 27.7 Å². The van der Waals surface area contributed by atoms with Crippen LogP contribution in [0.3, 0.4) is 0 Å². The van der Waals surface area contributed by atoms with Crippen LogP contribution in [0.5, 0.6) is 0 Å². The van der Waals surface area contributed by atoms with Gasteiger partial charge in [0.2, 0.25) is 15.8 Å². The Bertz CT molecular complexity index is 1750. The molecule has 1 N–H and O–H groups in total. The number of hydrogen-bond acceptors (Lipinski definition) is 8. The molecule has 0 aliphatic carbocycles. The fraction of sp³-hybridized carbons (Fsp3) is 0.375. The van der Waals surface area contributed by atoms with Crippen molar-refractivity contribution in [2.75, 3.05) is 37.6 Å². The minimum atomic E-state index is -4.00. The van der Waals surface area contributed by atoms with Crippen molar-refractivity contribution >= 4 is 50.1 Å². The number of amides is 1. The van der Waals surface area contributed by atoms with E-state index in [4.69, 9.17) is 9.15 Å². The van der Waals surface area contributed by atoms with Crippen LogP contribution in [0.15, 0.2) is 69.3 Å². The van der Waals surface area contributed by atoms with Gasteiger partial charge in [0.1, 0.15) is 11.2 Å². The highest BCUT2D eigenvalue weighted by Crippen LogP contribution is 2.31. The number of anilines is 1. The molecule has 2 aromatic carbocycles. The van der Waals surface area contributed by atoms with Crippen molar-refractivity contribution in [3.63, 3.8) is 0 Å². The highest BCUT2D eigenvalue weighted by Gasteiger charge is 2.30. The molecule has 1 fully saturated rings. The van der Waals surface area contributed by atoms with Gasteiger partial charge < -0.3 is 24.1 Å².